The number of fused-ring (bicyclic) bond motifs is 2. The van der Waals surface area contributed by atoms with E-state index in [1.807, 2.05) is 0 Å². The van der Waals surface area contributed by atoms with Crippen molar-refractivity contribution in [1.82, 2.24) is 9.78 Å². The summed E-state index contributed by atoms with van der Waals surface area (Å²) in [5.41, 5.74) is 0.532. The second-order valence-corrected chi connectivity index (χ2v) is 8.13. The van der Waals surface area contributed by atoms with Crippen molar-refractivity contribution < 1.29 is 9.53 Å². The first-order chi connectivity index (χ1) is 11.2. The normalized spacial score (nSPS) is 28.0. The van der Waals surface area contributed by atoms with Crippen molar-refractivity contribution >= 4 is 23.3 Å². The van der Waals surface area contributed by atoms with Gasteiger partial charge in [0.15, 0.2) is 0 Å². The average Bonchev–Trinajstić information content (AvgIpc) is 2.74. The molecule has 3 unspecified atom stereocenters. The molecule has 1 aromatic rings. The van der Waals surface area contributed by atoms with Gasteiger partial charge < -0.3 is 9.64 Å². The molecule has 0 N–H and O–H groups in total. The molecule has 2 aliphatic rings. The highest BCUT2D eigenvalue weighted by Crippen LogP contribution is 2.50. The highest BCUT2D eigenvalue weighted by molar-refractivity contribution is 6.33. The van der Waals surface area contributed by atoms with Crippen LogP contribution in [0.25, 0.3) is 0 Å². The molecular formula is C17H24ClN3O3. The number of aromatic nitrogens is 2. The van der Waals surface area contributed by atoms with E-state index in [9.17, 15) is 9.59 Å². The Morgan fingerprint density at radius 2 is 2.17 bits per heavy atom. The number of hydrogen-bond donors (Lipinski definition) is 0. The number of nitrogens with zero attached hydrogens (tertiary/aromatic N) is 3. The van der Waals surface area contributed by atoms with Crippen LogP contribution < -0.4 is 10.5 Å². The number of esters is 1. The number of anilines is 1. The molecule has 3 atom stereocenters. The summed E-state index contributed by atoms with van der Waals surface area (Å²) < 4.78 is 5.63. The maximum atomic E-state index is 12.5. The van der Waals surface area contributed by atoms with Crippen molar-refractivity contribution in [1.29, 1.82) is 0 Å². The van der Waals surface area contributed by atoms with E-state index in [0.717, 1.165) is 17.5 Å². The summed E-state index contributed by atoms with van der Waals surface area (Å²) in [5.74, 6) is 0.0767. The third kappa shape index (κ3) is 2.92. The minimum Gasteiger partial charge on any atom is -0.468 e. The van der Waals surface area contributed by atoms with Crippen molar-refractivity contribution in [2.75, 3.05) is 12.0 Å². The van der Waals surface area contributed by atoms with E-state index in [1.54, 1.807) is 6.20 Å². The van der Waals surface area contributed by atoms with Crippen molar-refractivity contribution in [2.45, 2.75) is 58.7 Å². The van der Waals surface area contributed by atoms with Crippen LogP contribution in [0.15, 0.2) is 11.0 Å². The van der Waals surface area contributed by atoms with Crippen molar-refractivity contribution in [2.24, 2.45) is 11.3 Å². The molecule has 24 heavy (non-hydrogen) atoms. The van der Waals surface area contributed by atoms with Crippen molar-refractivity contribution in [3.05, 3.63) is 21.6 Å². The molecular weight excluding hydrogens is 330 g/mol. The largest absolute Gasteiger partial charge is 0.468 e. The third-order valence-electron chi connectivity index (χ3n) is 5.44. The van der Waals surface area contributed by atoms with Gasteiger partial charge in [0.1, 0.15) is 11.6 Å². The topological polar surface area (TPSA) is 64.4 Å². The van der Waals surface area contributed by atoms with E-state index in [0.29, 0.717) is 29.1 Å². The molecule has 1 saturated heterocycles. The second kappa shape index (κ2) is 6.06. The molecule has 3 rings (SSSR count). The van der Waals surface area contributed by atoms with E-state index in [-0.39, 0.29) is 11.6 Å². The number of methoxy groups -OCH3 is 1. The average molecular weight is 354 g/mol. The fourth-order valence-corrected chi connectivity index (χ4v) is 4.68. The van der Waals surface area contributed by atoms with Crippen LogP contribution in [0.3, 0.4) is 0 Å². The lowest BCUT2D eigenvalue weighted by Gasteiger charge is -2.35. The fraction of sp³-hybridized carbons (Fsp3) is 0.706. The third-order valence-corrected chi connectivity index (χ3v) is 5.80. The Balaban J connectivity index is 1.94. The minimum atomic E-state index is -0.527. The Labute approximate surface area is 146 Å². The zero-order chi connectivity index (χ0) is 17.6. The predicted molar refractivity (Wildman–Crippen MR) is 92.4 cm³/mol. The molecule has 7 heteroatoms. The first-order valence-electron chi connectivity index (χ1n) is 8.34. The molecule has 1 saturated carbocycles. The number of halogens is 1. The number of carbonyl (C=O) groups excluding carboxylic acids is 1. The quantitative estimate of drug-likeness (QED) is 0.781. The van der Waals surface area contributed by atoms with Crippen LogP contribution in [0.1, 0.15) is 40.0 Å². The number of rotatable bonds is 3. The zero-order valence-corrected chi connectivity index (χ0v) is 15.3. The summed E-state index contributed by atoms with van der Waals surface area (Å²) in [7, 11) is 1.28. The number of ether oxygens (including phenoxy) is 1. The summed E-state index contributed by atoms with van der Waals surface area (Å²) >= 11 is 6.36. The van der Waals surface area contributed by atoms with Gasteiger partial charge in [-0.1, -0.05) is 25.4 Å². The Hall–Kier alpha value is -1.56. The lowest BCUT2D eigenvalue weighted by molar-refractivity contribution is -0.141. The molecule has 2 fully saturated rings. The Bertz CT molecular complexity index is 716. The van der Waals surface area contributed by atoms with Crippen LogP contribution in [0.5, 0.6) is 0 Å². The summed E-state index contributed by atoms with van der Waals surface area (Å²) in [6.07, 6.45) is 5.00. The van der Waals surface area contributed by atoms with Crippen molar-refractivity contribution in [3.8, 4) is 0 Å². The highest BCUT2D eigenvalue weighted by Gasteiger charge is 2.47. The maximum absolute atomic E-state index is 12.5. The van der Waals surface area contributed by atoms with Gasteiger partial charge in [0.25, 0.3) is 5.56 Å². The predicted octanol–water partition coefficient (Wildman–Crippen LogP) is 2.47. The summed E-state index contributed by atoms with van der Waals surface area (Å²) in [6, 6.07) is 0.704. The molecule has 1 aromatic heterocycles. The molecule has 0 amide bonds. The summed E-state index contributed by atoms with van der Waals surface area (Å²) in [4.78, 5) is 26.1. The van der Waals surface area contributed by atoms with Gasteiger partial charge in [-0.05, 0) is 37.5 Å². The lowest BCUT2D eigenvalue weighted by Crippen LogP contribution is -2.38. The van der Waals surface area contributed by atoms with E-state index >= 15 is 0 Å². The van der Waals surface area contributed by atoms with Crippen LogP contribution in [0.2, 0.25) is 5.02 Å². The van der Waals surface area contributed by atoms with Gasteiger partial charge in [-0.2, -0.15) is 5.10 Å². The van der Waals surface area contributed by atoms with Crippen LogP contribution in [0.4, 0.5) is 5.69 Å². The fourth-order valence-electron chi connectivity index (χ4n) is 4.44. The minimum absolute atomic E-state index is 0.131. The molecule has 0 aromatic carbocycles. The summed E-state index contributed by atoms with van der Waals surface area (Å²) in [5, 5.41) is 4.26. The van der Waals surface area contributed by atoms with Gasteiger partial charge in [0.05, 0.1) is 19.0 Å². The van der Waals surface area contributed by atoms with E-state index < -0.39 is 11.5 Å². The number of carbonyl (C=O) groups is 1. The zero-order valence-electron chi connectivity index (χ0n) is 14.6. The Morgan fingerprint density at radius 1 is 1.46 bits per heavy atom. The number of hydrogen-bond acceptors (Lipinski definition) is 5. The van der Waals surface area contributed by atoms with Crippen LogP contribution in [-0.4, -0.2) is 34.9 Å². The molecule has 1 aliphatic heterocycles. The van der Waals surface area contributed by atoms with Gasteiger partial charge in [0, 0.05) is 12.1 Å². The van der Waals surface area contributed by atoms with Crippen LogP contribution >= 0.6 is 11.6 Å². The molecule has 0 radical (unpaired) electrons. The molecule has 132 valence electrons. The van der Waals surface area contributed by atoms with Crippen LogP contribution in [-0.2, 0) is 16.1 Å². The molecule has 1 aliphatic carbocycles. The SMILES string of the molecule is COC(=O)Cn1ncc(N2C3CC(CC(C)(C)C3)C2C)c(Cl)c1=O. The molecule has 6 nitrogen and oxygen atoms in total. The Kier molecular flexibility index (Phi) is 4.36. The van der Waals surface area contributed by atoms with Crippen molar-refractivity contribution in [3.63, 3.8) is 0 Å². The standard InChI is InChI=1S/C17H24ClN3O3/c1-10-11-5-12(7-17(2,3)6-11)21(10)13-8-19-20(9-14(22)24-4)16(23)15(13)18/h8,10-12H,5-7,9H2,1-4H3. The van der Waals surface area contributed by atoms with E-state index in [2.05, 4.69) is 35.5 Å². The maximum Gasteiger partial charge on any atom is 0.327 e. The van der Waals surface area contributed by atoms with Gasteiger partial charge >= 0.3 is 5.97 Å². The Morgan fingerprint density at radius 3 is 2.83 bits per heavy atom. The van der Waals surface area contributed by atoms with Crippen LogP contribution in [0, 0.1) is 11.3 Å². The molecule has 0 spiro atoms. The summed E-state index contributed by atoms with van der Waals surface area (Å²) in [6.45, 7) is 6.57. The van der Waals surface area contributed by atoms with Gasteiger partial charge in [0.2, 0.25) is 0 Å². The van der Waals surface area contributed by atoms with Gasteiger partial charge in [-0.3, -0.25) is 9.59 Å². The molecule has 2 heterocycles. The smallest absolute Gasteiger partial charge is 0.327 e. The highest BCUT2D eigenvalue weighted by atomic mass is 35.5. The lowest BCUT2D eigenvalue weighted by atomic mass is 9.71. The van der Waals surface area contributed by atoms with E-state index in [1.165, 1.54) is 13.5 Å². The van der Waals surface area contributed by atoms with Gasteiger partial charge in [-0.15, -0.1) is 0 Å². The molecule has 2 bridgehead atoms. The van der Waals surface area contributed by atoms with Gasteiger partial charge in [-0.25, -0.2) is 4.68 Å². The monoisotopic (exact) mass is 353 g/mol. The second-order valence-electron chi connectivity index (χ2n) is 7.75. The van der Waals surface area contributed by atoms with E-state index in [4.69, 9.17) is 11.6 Å². The first-order valence-corrected chi connectivity index (χ1v) is 8.72. The first kappa shape index (κ1) is 17.3.